The van der Waals surface area contributed by atoms with Gasteiger partial charge in [-0.25, -0.2) is 0 Å². The van der Waals surface area contributed by atoms with Gasteiger partial charge in [-0.2, -0.15) is 5.10 Å². The second kappa shape index (κ2) is 5.92. The third kappa shape index (κ3) is 3.63. The summed E-state index contributed by atoms with van der Waals surface area (Å²) < 4.78 is 1.81. The zero-order valence-electron chi connectivity index (χ0n) is 9.51. The van der Waals surface area contributed by atoms with Crippen LogP contribution in [0.2, 0.25) is 0 Å². The summed E-state index contributed by atoms with van der Waals surface area (Å²) in [7, 11) is 1.93. The number of nitrogens with zero attached hydrogens (tertiary/aromatic N) is 2. The Morgan fingerprint density at radius 1 is 1.59 bits per heavy atom. The molecule has 0 aliphatic heterocycles. The Morgan fingerprint density at radius 2 is 2.47 bits per heavy atom. The van der Waals surface area contributed by atoms with E-state index in [0.29, 0.717) is 6.54 Å². The van der Waals surface area contributed by atoms with Crippen LogP contribution in [0.3, 0.4) is 0 Å². The molecule has 0 aliphatic rings. The number of thioether (sulfide) groups is 1. The minimum absolute atomic E-state index is 0.412. The van der Waals surface area contributed by atoms with Crippen molar-refractivity contribution in [2.24, 2.45) is 12.8 Å². The molecule has 0 saturated heterocycles. The molecule has 3 nitrogen and oxygen atoms in total. The van der Waals surface area contributed by atoms with Crippen LogP contribution in [0.15, 0.2) is 28.7 Å². The van der Waals surface area contributed by atoms with Crippen molar-refractivity contribution in [2.45, 2.75) is 10.6 Å². The lowest BCUT2D eigenvalue weighted by molar-refractivity contribution is 0.766. The van der Waals surface area contributed by atoms with Gasteiger partial charge < -0.3 is 5.73 Å². The minimum Gasteiger partial charge on any atom is -0.320 e. The Bertz CT molecular complexity index is 545. The molecule has 0 fully saturated rings. The molecule has 0 saturated carbocycles. The zero-order chi connectivity index (χ0) is 12.1. The minimum atomic E-state index is 0.412. The van der Waals surface area contributed by atoms with Gasteiger partial charge in [-0.15, -0.1) is 23.1 Å². The first-order valence-corrected chi connectivity index (χ1v) is 7.02. The first kappa shape index (κ1) is 12.2. The fourth-order valence-corrected chi connectivity index (χ4v) is 3.09. The van der Waals surface area contributed by atoms with Crippen molar-refractivity contribution in [3.05, 3.63) is 34.3 Å². The molecule has 5 heteroatoms. The first-order chi connectivity index (χ1) is 8.28. The first-order valence-electron chi connectivity index (χ1n) is 5.15. The van der Waals surface area contributed by atoms with E-state index in [1.54, 1.807) is 23.1 Å². The quantitative estimate of drug-likeness (QED) is 0.681. The van der Waals surface area contributed by atoms with Gasteiger partial charge in [0, 0.05) is 39.7 Å². The number of thiophene rings is 1. The molecule has 2 N–H and O–H groups in total. The molecule has 2 aromatic rings. The summed E-state index contributed by atoms with van der Waals surface area (Å²) in [5.74, 6) is 6.86. The molecule has 0 radical (unpaired) electrons. The van der Waals surface area contributed by atoms with Crippen LogP contribution in [-0.4, -0.2) is 16.3 Å². The predicted molar refractivity (Wildman–Crippen MR) is 73.0 cm³/mol. The standard InChI is InChI=1S/C12H13N3S2/c1-15-7-12(6-14-15)17-9-11-5-10(8-16-11)3-2-4-13/h5-8H,4,9,13H2,1H3. The fourth-order valence-electron chi connectivity index (χ4n) is 1.30. The van der Waals surface area contributed by atoms with Crippen LogP contribution in [0.1, 0.15) is 10.4 Å². The van der Waals surface area contributed by atoms with Crippen LogP contribution >= 0.6 is 23.1 Å². The van der Waals surface area contributed by atoms with Crippen LogP contribution < -0.4 is 5.73 Å². The van der Waals surface area contributed by atoms with Gasteiger partial charge in [0.1, 0.15) is 0 Å². The van der Waals surface area contributed by atoms with Crippen LogP contribution in [0, 0.1) is 11.8 Å². The Balaban J connectivity index is 1.93. The normalized spacial score (nSPS) is 10.0. The maximum Gasteiger partial charge on any atom is 0.0625 e. The number of aryl methyl sites for hydroxylation is 1. The monoisotopic (exact) mass is 263 g/mol. The highest BCUT2D eigenvalue weighted by atomic mass is 32.2. The van der Waals surface area contributed by atoms with Gasteiger partial charge in [-0.05, 0) is 6.07 Å². The molecular formula is C12H13N3S2. The van der Waals surface area contributed by atoms with Gasteiger partial charge in [0.05, 0.1) is 12.7 Å². The maximum absolute atomic E-state index is 5.34. The molecule has 0 atom stereocenters. The van der Waals surface area contributed by atoms with Gasteiger partial charge in [0.2, 0.25) is 0 Å². The molecule has 2 heterocycles. The van der Waals surface area contributed by atoms with E-state index in [0.717, 1.165) is 11.3 Å². The van der Waals surface area contributed by atoms with E-state index in [4.69, 9.17) is 5.73 Å². The van der Waals surface area contributed by atoms with Crippen molar-refractivity contribution >= 4 is 23.1 Å². The Labute approximate surface area is 109 Å². The van der Waals surface area contributed by atoms with Crippen molar-refractivity contribution in [3.8, 4) is 11.8 Å². The largest absolute Gasteiger partial charge is 0.320 e. The molecule has 0 spiro atoms. The molecule has 88 valence electrons. The van der Waals surface area contributed by atoms with Crippen LogP contribution in [0.5, 0.6) is 0 Å². The van der Waals surface area contributed by atoms with E-state index in [1.165, 1.54) is 9.77 Å². The number of aromatic nitrogens is 2. The highest BCUT2D eigenvalue weighted by molar-refractivity contribution is 7.98. The van der Waals surface area contributed by atoms with Crippen molar-refractivity contribution in [1.29, 1.82) is 0 Å². The molecule has 0 aliphatic carbocycles. The molecule has 0 aromatic carbocycles. The zero-order valence-corrected chi connectivity index (χ0v) is 11.1. The molecule has 2 rings (SSSR count). The van der Waals surface area contributed by atoms with E-state index in [2.05, 4.69) is 28.4 Å². The number of hydrogen-bond donors (Lipinski definition) is 1. The summed E-state index contributed by atoms with van der Waals surface area (Å²) in [6.07, 6.45) is 3.90. The molecular weight excluding hydrogens is 250 g/mol. The van der Waals surface area contributed by atoms with Gasteiger partial charge >= 0.3 is 0 Å². The highest BCUT2D eigenvalue weighted by Gasteiger charge is 2.01. The second-order valence-corrected chi connectivity index (χ2v) is 5.49. The van der Waals surface area contributed by atoms with E-state index in [-0.39, 0.29) is 0 Å². The van der Waals surface area contributed by atoms with Gasteiger partial charge in [-0.1, -0.05) is 11.8 Å². The summed E-state index contributed by atoms with van der Waals surface area (Å²) >= 11 is 3.52. The summed E-state index contributed by atoms with van der Waals surface area (Å²) in [6.45, 7) is 0.412. The van der Waals surface area contributed by atoms with Crippen LogP contribution in [-0.2, 0) is 12.8 Å². The van der Waals surface area contributed by atoms with E-state index in [9.17, 15) is 0 Å². The molecule has 0 bridgehead atoms. The fraction of sp³-hybridized carbons (Fsp3) is 0.250. The van der Waals surface area contributed by atoms with Crippen LogP contribution in [0.4, 0.5) is 0 Å². The number of hydrogen-bond acceptors (Lipinski definition) is 4. The van der Waals surface area contributed by atoms with Gasteiger partial charge in [0.15, 0.2) is 0 Å². The second-order valence-electron chi connectivity index (χ2n) is 3.45. The van der Waals surface area contributed by atoms with E-state index in [1.807, 2.05) is 24.1 Å². The summed E-state index contributed by atoms with van der Waals surface area (Å²) in [6, 6.07) is 2.12. The average molecular weight is 263 g/mol. The number of rotatable bonds is 3. The molecule has 2 aromatic heterocycles. The SMILES string of the molecule is Cn1cc(SCc2cc(C#CCN)cs2)cn1. The lowest BCUT2D eigenvalue weighted by atomic mass is 10.3. The average Bonchev–Trinajstić information content (AvgIpc) is 2.93. The van der Waals surface area contributed by atoms with Gasteiger partial charge in [0.25, 0.3) is 0 Å². The Kier molecular flexibility index (Phi) is 4.26. The Morgan fingerprint density at radius 3 is 3.18 bits per heavy atom. The summed E-state index contributed by atoms with van der Waals surface area (Å²) in [5, 5.41) is 6.21. The van der Waals surface area contributed by atoms with Crippen LogP contribution in [0.25, 0.3) is 0 Å². The van der Waals surface area contributed by atoms with Crippen molar-refractivity contribution in [1.82, 2.24) is 9.78 Å². The third-order valence-corrected chi connectivity index (χ3v) is 4.17. The van der Waals surface area contributed by atoms with Gasteiger partial charge in [-0.3, -0.25) is 4.68 Å². The van der Waals surface area contributed by atoms with Crippen molar-refractivity contribution < 1.29 is 0 Å². The molecule has 17 heavy (non-hydrogen) atoms. The summed E-state index contributed by atoms with van der Waals surface area (Å²) in [4.78, 5) is 2.51. The molecule has 0 amide bonds. The predicted octanol–water partition coefficient (Wildman–Crippen LogP) is 2.08. The van der Waals surface area contributed by atoms with Crippen molar-refractivity contribution in [2.75, 3.05) is 6.54 Å². The summed E-state index contributed by atoms with van der Waals surface area (Å²) in [5.41, 5.74) is 6.39. The topological polar surface area (TPSA) is 43.8 Å². The Hall–Kier alpha value is -1.22. The highest BCUT2D eigenvalue weighted by Crippen LogP contribution is 2.25. The number of nitrogens with two attached hydrogens (primary N) is 1. The lowest BCUT2D eigenvalue weighted by Gasteiger charge is -1.93. The lowest BCUT2D eigenvalue weighted by Crippen LogP contribution is -1.92. The maximum atomic E-state index is 5.34. The molecule has 0 unspecified atom stereocenters. The van der Waals surface area contributed by atoms with E-state index < -0.39 is 0 Å². The van der Waals surface area contributed by atoms with Crippen molar-refractivity contribution in [3.63, 3.8) is 0 Å². The van der Waals surface area contributed by atoms with E-state index >= 15 is 0 Å². The third-order valence-electron chi connectivity index (χ3n) is 2.05. The smallest absolute Gasteiger partial charge is 0.0625 e.